The molecular formula is C11H13NO4. The fraction of sp³-hybridized carbons (Fsp3) is 0.455. The number of carbonyl (C=O) groups is 2. The van der Waals surface area contributed by atoms with Crippen LogP contribution < -0.4 is 5.32 Å². The lowest BCUT2D eigenvalue weighted by atomic mass is 9.82. The van der Waals surface area contributed by atoms with Crippen LogP contribution in [-0.2, 0) is 14.3 Å². The second kappa shape index (κ2) is 4.09. The summed E-state index contributed by atoms with van der Waals surface area (Å²) in [5.41, 5.74) is 0. The van der Waals surface area contributed by atoms with Gasteiger partial charge in [-0.3, -0.25) is 9.59 Å². The molecule has 1 fully saturated rings. The second-order valence-electron chi connectivity index (χ2n) is 3.87. The minimum absolute atomic E-state index is 0.288. The van der Waals surface area contributed by atoms with Crippen molar-refractivity contribution in [3.63, 3.8) is 0 Å². The second-order valence-corrected chi connectivity index (χ2v) is 3.87. The van der Waals surface area contributed by atoms with Gasteiger partial charge in [-0.2, -0.15) is 0 Å². The summed E-state index contributed by atoms with van der Waals surface area (Å²) in [5, 5.41) is 11.7. The fourth-order valence-corrected chi connectivity index (χ4v) is 2.21. The van der Waals surface area contributed by atoms with Crippen LogP contribution in [0.3, 0.4) is 0 Å². The SMILES string of the molecule is C=CCNC(=O)[C@@H]1[C@H](C(=O)O)[C@H]2C=C[C@H]1O2. The summed E-state index contributed by atoms with van der Waals surface area (Å²) in [6.45, 7) is 3.82. The number of carbonyl (C=O) groups excluding carboxylic acids is 1. The molecule has 1 saturated heterocycles. The average molecular weight is 223 g/mol. The van der Waals surface area contributed by atoms with E-state index in [4.69, 9.17) is 9.84 Å². The van der Waals surface area contributed by atoms with Crippen LogP contribution in [0.1, 0.15) is 0 Å². The van der Waals surface area contributed by atoms with Gasteiger partial charge in [-0.25, -0.2) is 0 Å². The third-order valence-electron chi connectivity index (χ3n) is 2.91. The van der Waals surface area contributed by atoms with Crippen molar-refractivity contribution in [2.75, 3.05) is 6.54 Å². The van der Waals surface area contributed by atoms with Gasteiger partial charge in [0, 0.05) is 6.54 Å². The molecule has 0 unspecified atom stereocenters. The number of carboxylic acid groups (broad SMARTS) is 1. The molecule has 0 aliphatic carbocycles. The van der Waals surface area contributed by atoms with Crippen molar-refractivity contribution in [3.8, 4) is 0 Å². The molecule has 1 amide bonds. The van der Waals surface area contributed by atoms with Crippen molar-refractivity contribution in [2.24, 2.45) is 11.8 Å². The molecule has 16 heavy (non-hydrogen) atoms. The normalized spacial score (nSPS) is 35.0. The molecule has 86 valence electrons. The van der Waals surface area contributed by atoms with E-state index in [9.17, 15) is 9.59 Å². The zero-order valence-corrected chi connectivity index (χ0v) is 8.63. The molecule has 5 heteroatoms. The predicted molar refractivity (Wildman–Crippen MR) is 55.6 cm³/mol. The maximum absolute atomic E-state index is 11.8. The minimum Gasteiger partial charge on any atom is -0.481 e. The van der Waals surface area contributed by atoms with E-state index in [1.807, 2.05) is 0 Å². The van der Waals surface area contributed by atoms with Crippen LogP contribution in [0.25, 0.3) is 0 Å². The number of hydrogen-bond acceptors (Lipinski definition) is 3. The predicted octanol–water partition coefficient (Wildman–Crippen LogP) is -0.0572. The number of fused-ring (bicyclic) bond motifs is 2. The number of hydrogen-bond donors (Lipinski definition) is 2. The maximum atomic E-state index is 11.8. The van der Waals surface area contributed by atoms with Gasteiger partial charge in [0.25, 0.3) is 0 Å². The quantitative estimate of drug-likeness (QED) is 0.655. The fourth-order valence-electron chi connectivity index (χ4n) is 2.21. The molecule has 2 aliphatic rings. The number of amides is 1. The Morgan fingerprint density at radius 1 is 1.38 bits per heavy atom. The van der Waals surface area contributed by atoms with Crippen molar-refractivity contribution in [1.82, 2.24) is 5.32 Å². The highest BCUT2D eigenvalue weighted by Gasteiger charge is 2.52. The largest absolute Gasteiger partial charge is 0.481 e. The van der Waals surface area contributed by atoms with Crippen LogP contribution in [0.4, 0.5) is 0 Å². The highest BCUT2D eigenvalue weighted by Crippen LogP contribution is 2.39. The van der Waals surface area contributed by atoms with E-state index >= 15 is 0 Å². The smallest absolute Gasteiger partial charge is 0.310 e. The molecule has 0 spiro atoms. The lowest BCUT2D eigenvalue weighted by Gasteiger charge is -2.20. The Balaban J connectivity index is 2.13. The molecule has 2 heterocycles. The van der Waals surface area contributed by atoms with Gasteiger partial charge in [0.2, 0.25) is 5.91 Å². The monoisotopic (exact) mass is 223 g/mol. The van der Waals surface area contributed by atoms with Crippen LogP contribution >= 0.6 is 0 Å². The zero-order chi connectivity index (χ0) is 11.7. The van der Waals surface area contributed by atoms with Crippen LogP contribution in [0.2, 0.25) is 0 Å². The van der Waals surface area contributed by atoms with Crippen molar-refractivity contribution < 1.29 is 19.4 Å². The average Bonchev–Trinajstić information content (AvgIpc) is 2.84. The number of ether oxygens (including phenoxy) is 1. The standard InChI is InChI=1S/C11H13NO4/c1-2-5-12-10(13)8-6-3-4-7(16-6)9(8)11(14)15/h2-4,6-9H,1,5H2,(H,12,13)(H,14,15)/t6-,7-,8+,9-/m1/s1. The van der Waals surface area contributed by atoms with E-state index in [1.165, 1.54) is 0 Å². The van der Waals surface area contributed by atoms with E-state index in [-0.39, 0.29) is 5.91 Å². The zero-order valence-electron chi connectivity index (χ0n) is 8.63. The van der Waals surface area contributed by atoms with Gasteiger partial charge >= 0.3 is 5.97 Å². The first-order chi connectivity index (χ1) is 7.65. The summed E-state index contributed by atoms with van der Waals surface area (Å²) in [6.07, 6.45) is 4.14. The van der Waals surface area contributed by atoms with Crippen LogP contribution in [0, 0.1) is 11.8 Å². The Bertz CT molecular complexity index is 363. The first-order valence-electron chi connectivity index (χ1n) is 5.10. The molecule has 2 rings (SSSR count). The van der Waals surface area contributed by atoms with Crippen molar-refractivity contribution in [3.05, 3.63) is 24.8 Å². The highest BCUT2D eigenvalue weighted by atomic mass is 16.5. The number of carboxylic acids is 1. The van der Waals surface area contributed by atoms with Gasteiger partial charge in [-0.05, 0) is 0 Å². The lowest BCUT2D eigenvalue weighted by molar-refractivity contribution is -0.146. The Kier molecular flexibility index (Phi) is 2.78. The third-order valence-corrected chi connectivity index (χ3v) is 2.91. The van der Waals surface area contributed by atoms with E-state index in [0.29, 0.717) is 6.54 Å². The molecule has 2 bridgehead atoms. The molecule has 0 aromatic rings. The van der Waals surface area contributed by atoms with Crippen LogP contribution in [0.5, 0.6) is 0 Å². The summed E-state index contributed by atoms with van der Waals surface area (Å²) in [7, 11) is 0. The summed E-state index contributed by atoms with van der Waals surface area (Å²) in [4.78, 5) is 22.8. The van der Waals surface area contributed by atoms with Crippen molar-refractivity contribution in [1.29, 1.82) is 0 Å². The summed E-state index contributed by atoms with van der Waals surface area (Å²) in [5.74, 6) is -2.69. The maximum Gasteiger partial charge on any atom is 0.310 e. The van der Waals surface area contributed by atoms with E-state index in [2.05, 4.69) is 11.9 Å². The van der Waals surface area contributed by atoms with Gasteiger partial charge in [-0.1, -0.05) is 18.2 Å². The Hall–Kier alpha value is -1.62. The molecule has 2 N–H and O–H groups in total. The first kappa shape index (κ1) is 10.9. The third kappa shape index (κ3) is 1.63. The van der Waals surface area contributed by atoms with Crippen LogP contribution in [-0.4, -0.2) is 35.7 Å². The molecule has 0 aromatic carbocycles. The molecule has 0 saturated carbocycles. The highest BCUT2D eigenvalue weighted by molar-refractivity contribution is 5.87. The molecule has 2 aliphatic heterocycles. The van der Waals surface area contributed by atoms with Gasteiger partial charge < -0.3 is 15.2 Å². The van der Waals surface area contributed by atoms with Crippen LogP contribution in [0.15, 0.2) is 24.8 Å². The molecular weight excluding hydrogens is 210 g/mol. The lowest BCUT2D eigenvalue weighted by Crippen LogP contribution is -2.42. The molecule has 4 atom stereocenters. The Morgan fingerprint density at radius 2 is 2.00 bits per heavy atom. The molecule has 0 aromatic heterocycles. The van der Waals surface area contributed by atoms with Crippen molar-refractivity contribution >= 4 is 11.9 Å². The summed E-state index contributed by atoms with van der Waals surface area (Å²) < 4.78 is 5.38. The summed E-state index contributed by atoms with van der Waals surface area (Å²) in [6, 6.07) is 0. The number of nitrogens with one attached hydrogen (secondary N) is 1. The van der Waals surface area contributed by atoms with Gasteiger partial charge in [-0.15, -0.1) is 6.58 Å². The Morgan fingerprint density at radius 3 is 2.56 bits per heavy atom. The summed E-state index contributed by atoms with van der Waals surface area (Å²) >= 11 is 0. The Labute approximate surface area is 92.8 Å². The molecule has 0 radical (unpaired) electrons. The van der Waals surface area contributed by atoms with Gasteiger partial charge in [0.05, 0.1) is 18.1 Å². The van der Waals surface area contributed by atoms with E-state index in [0.717, 1.165) is 0 Å². The van der Waals surface area contributed by atoms with Gasteiger partial charge in [0.1, 0.15) is 5.92 Å². The number of rotatable bonds is 4. The topological polar surface area (TPSA) is 75.6 Å². The number of aliphatic carboxylic acids is 1. The van der Waals surface area contributed by atoms with Gasteiger partial charge in [0.15, 0.2) is 0 Å². The van der Waals surface area contributed by atoms with E-state index in [1.54, 1.807) is 18.2 Å². The minimum atomic E-state index is -0.990. The van der Waals surface area contributed by atoms with E-state index < -0.39 is 30.0 Å². The van der Waals surface area contributed by atoms with Crippen molar-refractivity contribution in [2.45, 2.75) is 12.2 Å². The first-order valence-corrected chi connectivity index (χ1v) is 5.10. The molecule has 5 nitrogen and oxygen atoms in total.